The van der Waals surface area contributed by atoms with Crippen LogP contribution in [0.15, 0.2) is 15.7 Å². The van der Waals surface area contributed by atoms with Crippen LogP contribution in [0.3, 0.4) is 0 Å². The van der Waals surface area contributed by atoms with E-state index in [0.29, 0.717) is 28.2 Å². The van der Waals surface area contributed by atoms with Gasteiger partial charge in [-0.2, -0.15) is 0 Å². The van der Waals surface area contributed by atoms with Crippen molar-refractivity contribution in [3.8, 4) is 0 Å². The number of halogens is 2. The zero-order valence-corrected chi connectivity index (χ0v) is 20.9. The molecule has 1 aromatic heterocycles. The number of hydrogen-bond donors (Lipinski definition) is 0. The number of aryl methyl sites for hydroxylation is 1. The maximum atomic E-state index is 15.0. The maximum absolute atomic E-state index is 15.0. The summed E-state index contributed by atoms with van der Waals surface area (Å²) < 4.78 is 21.1. The third kappa shape index (κ3) is 4.35. The van der Waals surface area contributed by atoms with Crippen molar-refractivity contribution >= 4 is 50.5 Å². The number of benzene rings is 1. The molecule has 0 radical (unpaired) electrons. The van der Waals surface area contributed by atoms with Gasteiger partial charge in [-0.3, -0.25) is 4.90 Å². The molecular weight excluding hydrogens is 483 g/mol. The smallest absolute Gasteiger partial charge is 0.410 e. The molecule has 2 unspecified atom stereocenters. The van der Waals surface area contributed by atoms with Gasteiger partial charge < -0.3 is 9.64 Å². The van der Waals surface area contributed by atoms with E-state index in [1.165, 1.54) is 11.8 Å². The molecule has 2 atom stereocenters. The first-order chi connectivity index (χ1) is 14.6. The van der Waals surface area contributed by atoms with Crippen molar-refractivity contribution < 1.29 is 13.9 Å². The van der Waals surface area contributed by atoms with E-state index in [1.807, 2.05) is 39.5 Å². The van der Waals surface area contributed by atoms with Gasteiger partial charge in [-0.05, 0) is 73.8 Å². The lowest BCUT2D eigenvalue weighted by Crippen LogP contribution is -2.57. The van der Waals surface area contributed by atoms with Crippen LogP contribution in [0.4, 0.5) is 15.0 Å². The molecule has 0 aliphatic carbocycles. The third-order valence-corrected chi connectivity index (χ3v) is 6.99. The first-order valence-electron chi connectivity index (χ1n) is 10.6. The van der Waals surface area contributed by atoms with Crippen molar-refractivity contribution in [3.63, 3.8) is 0 Å². The summed E-state index contributed by atoms with van der Waals surface area (Å²) in [7, 11) is 0. The van der Waals surface area contributed by atoms with Crippen LogP contribution in [0.1, 0.15) is 46.1 Å². The molecule has 4 rings (SSSR count). The fourth-order valence-electron chi connectivity index (χ4n) is 4.50. The molecule has 3 heterocycles. The minimum Gasteiger partial charge on any atom is -0.444 e. The lowest BCUT2D eigenvalue weighted by Gasteiger charge is -2.42. The second-order valence-corrected chi connectivity index (χ2v) is 11.2. The summed E-state index contributed by atoms with van der Waals surface area (Å²) >= 11 is 4.82. The summed E-state index contributed by atoms with van der Waals surface area (Å²) in [5.74, 6) is 1.19. The van der Waals surface area contributed by atoms with E-state index in [1.54, 1.807) is 6.07 Å². The van der Waals surface area contributed by atoms with E-state index >= 15 is 4.39 Å². The van der Waals surface area contributed by atoms with Crippen LogP contribution in [0.5, 0.6) is 0 Å². The molecule has 168 valence electrons. The second kappa shape index (κ2) is 8.39. The Morgan fingerprint density at radius 1 is 1.29 bits per heavy atom. The predicted molar refractivity (Wildman–Crippen MR) is 125 cm³/mol. The number of fused-ring (bicyclic) bond motifs is 3. The SMILES string of the molecule is CCSc1nc(N2CC3CCC(C2)N3C(=O)OC(C)(C)C)c2c(C)cc(Br)c(F)c2n1. The molecule has 9 heteroatoms. The standard InChI is InChI=1S/C22H28BrFN4O2S/c1-6-31-20-25-18-16(12(2)9-15(23)17(18)24)19(26-20)27-10-13-7-8-14(11-27)28(13)21(29)30-22(3,4)5/h9,13-14H,6-8,10-11H2,1-5H3. The van der Waals surface area contributed by atoms with Gasteiger partial charge in [0.15, 0.2) is 11.0 Å². The van der Waals surface area contributed by atoms with E-state index in [-0.39, 0.29) is 24.0 Å². The van der Waals surface area contributed by atoms with Gasteiger partial charge in [0.25, 0.3) is 0 Å². The van der Waals surface area contributed by atoms with Crippen molar-refractivity contribution in [3.05, 3.63) is 21.9 Å². The van der Waals surface area contributed by atoms with Gasteiger partial charge in [-0.1, -0.05) is 18.7 Å². The molecular formula is C22H28BrFN4O2S. The third-order valence-electron chi connectivity index (χ3n) is 5.68. The number of rotatable bonds is 3. The van der Waals surface area contributed by atoms with E-state index in [0.717, 1.165) is 35.4 Å². The Balaban J connectivity index is 1.72. The lowest BCUT2D eigenvalue weighted by molar-refractivity contribution is 0.0123. The molecule has 31 heavy (non-hydrogen) atoms. The summed E-state index contributed by atoms with van der Waals surface area (Å²) in [5, 5.41) is 1.31. The first kappa shape index (κ1) is 22.6. The first-order valence-corrected chi connectivity index (χ1v) is 12.4. The lowest BCUT2D eigenvalue weighted by atomic mass is 10.1. The highest BCUT2D eigenvalue weighted by Gasteiger charge is 2.45. The van der Waals surface area contributed by atoms with Crippen molar-refractivity contribution in [2.45, 2.75) is 70.3 Å². The zero-order chi connectivity index (χ0) is 22.5. The summed E-state index contributed by atoms with van der Waals surface area (Å²) in [4.78, 5) is 26.3. The van der Waals surface area contributed by atoms with Crippen LogP contribution in [0.25, 0.3) is 10.9 Å². The molecule has 2 fully saturated rings. The molecule has 0 saturated carbocycles. The van der Waals surface area contributed by atoms with Crippen LogP contribution in [-0.4, -0.2) is 57.5 Å². The Morgan fingerprint density at radius 2 is 1.94 bits per heavy atom. The van der Waals surface area contributed by atoms with Crippen LogP contribution in [0.2, 0.25) is 0 Å². The summed E-state index contributed by atoms with van der Waals surface area (Å²) in [6.07, 6.45) is 1.61. The average Bonchev–Trinajstić information content (AvgIpc) is 2.94. The van der Waals surface area contributed by atoms with Gasteiger partial charge in [0.1, 0.15) is 16.9 Å². The van der Waals surface area contributed by atoms with Crippen molar-refractivity contribution in [1.29, 1.82) is 0 Å². The topological polar surface area (TPSA) is 58.6 Å². The highest BCUT2D eigenvalue weighted by atomic mass is 79.9. The summed E-state index contributed by atoms with van der Waals surface area (Å²) in [6, 6.07) is 1.89. The number of aromatic nitrogens is 2. The number of hydrogen-bond acceptors (Lipinski definition) is 6. The fourth-order valence-corrected chi connectivity index (χ4v) is 5.60. The number of anilines is 1. The van der Waals surface area contributed by atoms with Crippen LogP contribution >= 0.6 is 27.7 Å². The normalized spacial score (nSPS) is 21.1. The molecule has 2 aliphatic heterocycles. The van der Waals surface area contributed by atoms with Crippen LogP contribution < -0.4 is 4.90 Å². The van der Waals surface area contributed by atoms with Crippen molar-refractivity contribution in [1.82, 2.24) is 14.9 Å². The van der Waals surface area contributed by atoms with E-state index in [2.05, 4.69) is 25.8 Å². The predicted octanol–water partition coefficient (Wildman–Crippen LogP) is 5.54. The number of carbonyl (C=O) groups is 1. The average molecular weight is 511 g/mol. The van der Waals surface area contributed by atoms with Crippen molar-refractivity contribution in [2.24, 2.45) is 0 Å². The number of piperazine rings is 1. The zero-order valence-electron chi connectivity index (χ0n) is 18.5. The Morgan fingerprint density at radius 3 is 2.52 bits per heavy atom. The number of nitrogens with zero attached hydrogens (tertiary/aromatic N) is 4. The molecule has 2 aromatic rings. The van der Waals surface area contributed by atoms with E-state index in [4.69, 9.17) is 9.72 Å². The number of thioether (sulfide) groups is 1. The van der Waals surface area contributed by atoms with Crippen molar-refractivity contribution in [2.75, 3.05) is 23.7 Å². The van der Waals surface area contributed by atoms with E-state index < -0.39 is 5.60 Å². The summed E-state index contributed by atoms with van der Waals surface area (Å²) in [5.41, 5.74) is 0.744. The van der Waals surface area contributed by atoms with Gasteiger partial charge in [-0.25, -0.2) is 19.2 Å². The molecule has 0 spiro atoms. The minimum absolute atomic E-state index is 0.0569. The largest absolute Gasteiger partial charge is 0.444 e. The number of amides is 1. The fraction of sp³-hybridized carbons (Fsp3) is 0.591. The van der Waals surface area contributed by atoms with Crippen LogP contribution in [0, 0.1) is 12.7 Å². The minimum atomic E-state index is -0.523. The molecule has 0 N–H and O–H groups in total. The molecule has 1 amide bonds. The Hall–Kier alpha value is -1.61. The van der Waals surface area contributed by atoms with E-state index in [9.17, 15) is 4.79 Å². The van der Waals surface area contributed by atoms with Gasteiger partial charge in [-0.15, -0.1) is 0 Å². The Kier molecular flexibility index (Phi) is 6.11. The summed E-state index contributed by atoms with van der Waals surface area (Å²) in [6.45, 7) is 10.9. The monoisotopic (exact) mass is 510 g/mol. The van der Waals surface area contributed by atoms with Gasteiger partial charge in [0.05, 0.1) is 16.6 Å². The quantitative estimate of drug-likeness (QED) is 0.399. The molecule has 6 nitrogen and oxygen atoms in total. The molecule has 2 aliphatic rings. The second-order valence-electron chi connectivity index (χ2n) is 9.15. The Bertz CT molecular complexity index is 1010. The van der Waals surface area contributed by atoms with Gasteiger partial charge in [0, 0.05) is 18.5 Å². The number of carbonyl (C=O) groups excluding carboxylic acids is 1. The molecule has 2 saturated heterocycles. The van der Waals surface area contributed by atoms with Gasteiger partial charge in [0.2, 0.25) is 0 Å². The highest BCUT2D eigenvalue weighted by Crippen LogP contribution is 2.38. The number of ether oxygens (including phenoxy) is 1. The molecule has 2 bridgehead atoms. The Labute approximate surface area is 195 Å². The van der Waals surface area contributed by atoms with Crippen LogP contribution in [-0.2, 0) is 4.74 Å². The highest BCUT2D eigenvalue weighted by molar-refractivity contribution is 9.10. The maximum Gasteiger partial charge on any atom is 0.410 e. The molecule has 1 aromatic carbocycles. The van der Waals surface area contributed by atoms with Gasteiger partial charge >= 0.3 is 6.09 Å².